The Kier molecular flexibility index (Phi) is 7.90. The van der Waals surface area contributed by atoms with Gasteiger partial charge in [-0.25, -0.2) is 0 Å². The van der Waals surface area contributed by atoms with E-state index in [0.29, 0.717) is 5.92 Å². The Labute approximate surface area is 118 Å². The lowest BCUT2D eigenvalue weighted by atomic mass is 9.88. The van der Waals surface area contributed by atoms with Crippen LogP contribution >= 0.6 is 0 Å². The van der Waals surface area contributed by atoms with Gasteiger partial charge in [-0.2, -0.15) is 0 Å². The lowest BCUT2D eigenvalue weighted by molar-refractivity contribution is 0.470. The molecule has 0 saturated heterocycles. The molecule has 0 amide bonds. The van der Waals surface area contributed by atoms with Gasteiger partial charge in [-0.15, -0.1) is 0 Å². The van der Waals surface area contributed by atoms with Crippen LogP contribution in [0.15, 0.2) is 59.9 Å². The van der Waals surface area contributed by atoms with Crippen molar-refractivity contribution in [2.24, 2.45) is 11.3 Å². The van der Waals surface area contributed by atoms with E-state index in [1.54, 1.807) is 0 Å². The van der Waals surface area contributed by atoms with E-state index in [2.05, 4.69) is 57.2 Å². The van der Waals surface area contributed by atoms with Crippen molar-refractivity contribution in [2.75, 3.05) is 0 Å². The molecule has 1 atom stereocenters. The van der Waals surface area contributed by atoms with Gasteiger partial charge < -0.3 is 5.11 Å². The third-order valence-electron chi connectivity index (χ3n) is 2.75. The quantitative estimate of drug-likeness (QED) is 0.495. The smallest absolute Gasteiger partial charge is 0.0869 e. The molecule has 0 aromatic carbocycles. The monoisotopic (exact) mass is 260 g/mol. The number of hydrogen-bond donors (Lipinski definition) is 1. The summed E-state index contributed by atoms with van der Waals surface area (Å²) in [5, 5.41) is 9.29. The van der Waals surface area contributed by atoms with Crippen molar-refractivity contribution in [3.63, 3.8) is 0 Å². The van der Waals surface area contributed by atoms with E-state index >= 15 is 0 Å². The molecular formula is C18H28O. The van der Waals surface area contributed by atoms with E-state index in [1.807, 2.05) is 26.8 Å². The van der Waals surface area contributed by atoms with E-state index in [9.17, 15) is 5.11 Å². The summed E-state index contributed by atoms with van der Waals surface area (Å²) in [6.45, 7) is 12.5. The fourth-order valence-corrected chi connectivity index (χ4v) is 1.89. The number of rotatable bonds is 2. The molecule has 19 heavy (non-hydrogen) atoms. The highest BCUT2D eigenvalue weighted by Crippen LogP contribution is 2.27. The van der Waals surface area contributed by atoms with Gasteiger partial charge in [0.25, 0.3) is 0 Å². The van der Waals surface area contributed by atoms with Gasteiger partial charge in [0.05, 0.1) is 6.26 Å². The van der Waals surface area contributed by atoms with Crippen molar-refractivity contribution >= 4 is 0 Å². The van der Waals surface area contributed by atoms with Gasteiger partial charge in [-0.3, -0.25) is 0 Å². The van der Waals surface area contributed by atoms with Crippen LogP contribution in [-0.4, -0.2) is 5.11 Å². The highest BCUT2D eigenvalue weighted by Gasteiger charge is 2.13. The van der Waals surface area contributed by atoms with Crippen molar-refractivity contribution in [2.45, 2.75) is 41.5 Å². The fraction of sp³-hybridized carbons (Fsp3) is 0.444. The summed E-state index contributed by atoms with van der Waals surface area (Å²) in [5.74, 6) is 0.403. The molecule has 1 nitrogen and oxygen atoms in total. The van der Waals surface area contributed by atoms with Crippen molar-refractivity contribution < 1.29 is 5.11 Å². The zero-order valence-corrected chi connectivity index (χ0v) is 13.1. The summed E-state index contributed by atoms with van der Waals surface area (Å²) in [4.78, 5) is 0. The van der Waals surface area contributed by atoms with E-state index in [0.717, 1.165) is 11.1 Å². The summed E-state index contributed by atoms with van der Waals surface area (Å²) < 4.78 is 0. The van der Waals surface area contributed by atoms with Gasteiger partial charge in [0.1, 0.15) is 0 Å². The summed E-state index contributed by atoms with van der Waals surface area (Å²) in [7, 11) is 0. The zero-order chi connectivity index (χ0) is 14.9. The molecule has 1 unspecified atom stereocenters. The Balaban J connectivity index is 0.00000154. The van der Waals surface area contributed by atoms with Gasteiger partial charge >= 0.3 is 0 Å². The third-order valence-corrected chi connectivity index (χ3v) is 2.75. The number of allylic oxidation sites excluding steroid dienone is 9. The Bertz CT molecular complexity index is 403. The third kappa shape index (κ3) is 6.28. The van der Waals surface area contributed by atoms with Gasteiger partial charge in [0.15, 0.2) is 0 Å². The maximum atomic E-state index is 9.29. The lowest BCUT2D eigenvalue weighted by Crippen LogP contribution is -2.04. The molecule has 0 fully saturated rings. The topological polar surface area (TPSA) is 20.2 Å². The summed E-state index contributed by atoms with van der Waals surface area (Å²) in [5.41, 5.74) is 1.92. The molecule has 0 aliphatic heterocycles. The second-order valence-electron chi connectivity index (χ2n) is 5.08. The Morgan fingerprint density at radius 2 is 1.63 bits per heavy atom. The van der Waals surface area contributed by atoms with Crippen LogP contribution in [-0.2, 0) is 0 Å². The van der Waals surface area contributed by atoms with Crippen LogP contribution < -0.4 is 0 Å². The first-order valence-corrected chi connectivity index (χ1v) is 7.06. The normalized spacial score (nSPS) is 23.6. The Morgan fingerprint density at radius 3 is 2.11 bits per heavy atom. The lowest BCUT2D eigenvalue weighted by Gasteiger charge is -2.16. The molecule has 1 N–H and O–H groups in total. The van der Waals surface area contributed by atoms with Crippen molar-refractivity contribution in [1.29, 1.82) is 0 Å². The average Bonchev–Trinajstić information content (AvgIpc) is 2.54. The van der Waals surface area contributed by atoms with Crippen LogP contribution in [0.1, 0.15) is 41.5 Å². The molecule has 0 heterocycles. The summed E-state index contributed by atoms with van der Waals surface area (Å²) in [6, 6.07) is 0. The second-order valence-corrected chi connectivity index (χ2v) is 5.08. The van der Waals surface area contributed by atoms with Gasteiger partial charge in [-0.05, 0) is 18.4 Å². The Hall–Kier alpha value is -1.50. The van der Waals surface area contributed by atoms with Crippen LogP contribution in [0.3, 0.4) is 0 Å². The highest BCUT2D eigenvalue weighted by atomic mass is 16.2. The predicted octanol–water partition coefficient (Wildman–Crippen LogP) is 5.75. The largest absolute Gasteiger partial charge is 0.515 e. The maximum absolute atomic E-state index is 9.29. The van der Waals surface area contributed by atoms with Crippen molar-refractivity contribution in [1.82, 2.24) is 0 Å². The van der Waals surface area contributed by atoms with E-state index in [-0.39, 0.29) is 5.41 Å². The van der Waals surface area contributed by atoms with Crippen LogP contribution in [0.2, 0.25) is 0 Å². The van der Waals surface area contributed by atoms with Crippen LogP contribution in [0, 0.1) is 11.3 Å². The molecule has 1 aliphatic rings. The molecule has 0 aromatic rings. The van der Waals surface area contributed by atoms with Crippen LogP contribution in [0.5, 0.6) is 0 Å². The minimum absolute atomic E-state index is 0.00982. The maximum Gasteiger partial charge on any atom is 0.0869 e. The predicted molar refractivity (Wildman–Crippen MR) is 86.2 cm³/mol. The molecule has 1 aliphatic carbocycles. The number of aliphatic hydroxyl groups excluding tert-OH is 1. The van der Waals surface area contributed by atoms with E-state index in [1.165, 1.54) is 6.26 Å². The first kappa shape index (κ1) is 17.5. The van der Waals surface area contributed by atoms with Crippen LogP contribution in [0.4, 0.5) is 0 Å². The zero-order valence-electron chi connectivity index (χ0n) is 13.1. The van der Waals surface area contributed by atoms with Crippen LogP contribution in [0.25, 0.3) is 0 Å². The molecule has 0 aromatic heterocycles. The number of aliphatic hydroxyl groups is 1. The SMILES string of the molecule is C/C=C\C(C)(C)/C=C1/C=CC(C)C=C/C1=C\O.CC. The summed E-state index contributed by atoms with van der Waals surface area (Å²) >= 11 is 0. The minimum atomic E-state index is -0.00982. The van der Waals surface area contributed by atoms with Gasteiger partial charge in [0.2, 0.25) is 0 Å². The van der Waals surface area contributed by atoms with Gasteiger partial charge in [0, 0.05) is 11.0 Å². The van der Waals surface area contributed by atoms with Crippen molar-refractivity contribution in [3.8, 4) is 0 Å². The standard InChI is InChI=1S/C16H22O.C2H6/c1-5-10-16(3,4)11-14-8-6-13(2)7-9-15(14)12-17;1-2/h5-13,17H,1-4H3;1-2H3/b10-5-,14-11-,15-12+;. The summed E-state index contributed by atoms with van der Waals surface area (Å²) in [6.07, 6.45) is 15.8. The molecular weight excluding hydrogens is 232 g/mol. The first-order valence-electron chi connectivity index (χ1n) is 7.06. The average molecular weight is 260 g/mol. The molecule has 0 spiro atoms. The molecule has 1 heteroatoms. The fourth-order valence-electron chi connectivity index (χ4n) is 1.89. The Morgan fingerprint density at radius 1 is 1.11 bits per heavy atom. The molecule has 106 valence electrons. The highest BCUT2D eigenvalue weighted by molar-refractivity contribution is 5.48. The van der Waals surface area contributed by atoms with E-state index < -0.39 is 0 Å². The minimum Gasteiger partial charge on any atom is -0.515 e. The number of hydrogen-bond acceptors (Lipinski definition) is 1. The first-order chi connectivity index (χ1) is 8.98. The van der Waals surface area contributed by atoms with E-state index in [4.69, 9.17) is 0 Å². The second kappa shape index (κ2) is 8.58. The van der Waals surface area contributed by atoms with Crippen molar-refractivity contribution in [3.05, 3.63) is 59.9 Å². The molecule has 0 bridgehead atoms. The van der Waals surface area contributed by atoms with Gasteiger partial charge in [-0.1, -0.05) is 77.2 Å². The molecule has 1 rings (SSSR count). The molecule has 0 saturated carbocycles. The molecule has 0 radical (unpaired) electrons.